The zero-order valence-corrected chi connectivity index (χ0v) is 15.9. The number of nitrogens with zero attached hydrogens (tertiary/aromatic N) is 2. The number of benzene rings is 2. The lowest BCUT2D eigenvalue weighted by Crippen LogP contribution is -2.41. The number of anilines is 2. The molecule has 2 amide bonds. The number of fused-ring (bicyclic) bond motifs is 1. The van der Waals surface area contributed by atoms with Crippen LogP contribution in [0, 0.1) is 0 Å². The molecule has 144 valence electrons. The molecule has 2 N–H and O–H groups in total. The zero-order chi connectivity index (χ0) is 19.3. The largest absolute Gasteiger partial charge is 0.375 e. The summed E-state index contributed by atoms with van der Waals surface area (Å²) in [7, 11) is 0. The van der Waals surface area contributed by atoms with Gasteiger partial charge >= 0.3 is 6.03 Å². The van der Waals surface area contributed by atoms with Crippen LogP contribution in [0.1, 0.15) is 12.5 Å². The van der Waals surface area contributed by atoms with Crippen molar-refractivity contribution < 1.29 is 9.53 Å². The summed E-state index contributed by atoms with van der Waals surface area (Å²) < 4.78 is 5.57. The summed E-state index contributed by atoms with van der Waals surface area (Å²) in [6.07, 6.45) is 2.03. The van der Waals surface area contributed by atoms with E-state index in [9.17, 15) is 4.79 Å². The fraction of sp³-hybridized carbons (Fsp3) is 0.273. The van der Waals surface area contributed by atoms with E-state index < -0.39 is 0 Å². The molecule has 6 heteroatoms. The van der Waals surface area contributed by atoms with Gasteiger partial charge in [0.1, 0.15) is 5.82 Å². The Morgan fingerprint density at radius 1 is 1.18 bits per heavy atom. The number of aromatic nitrogens is 1. The number of nitrogens with one attached hydrogen (secondary N) is 2. The number of carbonyl (C=O) groups excluding carboxylic acids is 1. The van der Waals surface area contributed by atoms with Gasteiger partial charge in [-0.1, -0.05) is 42.5 Å². The Kier molecular flexibility index (Phi) is 5.39. The van der Waals surface area contributed by atoms with Gasteiger partial charge in [0.15, 0.2) is 0 Å². The van der Waals surface area contributed by atoms with Crippen LogP contribution in [0.2, 0.25) is 0 Å². The van der Waals surface area contributed by atoms with Crippen LogP contribution in [0.3, 0.4) is 0 Å². The Morgan fingerprint density at radius 3 is 2.86 bits per heavy atom. The fourth-order valence-corrected chi connectivity index (χ4v) is 3.42. The molecule has 0 spiro atoms. The third-order valence-electron chi connectivity index (χ3n) is 4.87. The Hall–Kier alpha value is -3.12. The van der Waals surface area contributed by atoms with Crippen molar-refractivity contribution in [2.45, 2.75) is 19.6 Å². The first kappa shape index (κ1) is 18.3. The molecule has 28 heavy (non-hydrogen) atoms. The van der Waals surface area contributed by atoms with Gasteiger partial charge in [0, 0.05) is 31.2 Å². The molecule has 6 nitrogen and oxygen atoms in total. The van der Waals surface area contributed by atoms with E-state index in [4.69, 9.17) is 4.74 Å². The summed E-state index contributed by atoms with van der Waals surface area (Å²) >= 11 is 0. The van der Waals surface area contributed by atoms with Crippen LogP contribution >= 0.6 is 0 Å². The van der Waals surface area contributed by atoms with Crippen molar-refractivity contribution in [3.05, 3.63) is 66.4 Å². The van der Waals surface area contributed by atoms with Gasteiger partial charge in [-0.25, -0.2) is 9.78 Å². The second kappa shape index (κ2) is 8.27. The van der Waals surface area contributed by atoms with Crippen molar-refractivity contribution in [3.8, 4) is 0 Å². The first-order valence-corrected chi connectivity index (χ1v) is 9.53. The number of urea groups is 1. The topological polar surface area (TPSA) is 66.5 Å². The Labute approximate surface area is 164 Å². The number of pyridine rings is 1. The summed E-state index contributed by atoms with van der Waals surface area (Å²) in [5, 5.41) is 7.94. The summed E-state index contributed by atoms with van der Waals surface area (Å²) in [6.45, 7) is 4.91. The van der Waals surface area contributed by atoms with E-state index in [1.165, 1.54) is 0 Å². The third kappa shape index (κ3) is 4.23. The maximum atomic E-state index is 12.3. The quantitative estimate of drug-likeness (QED) is 0.727. The Morgan fingerprint density at radius 2 is 2.04 bits per heavy atom. The highest BCUT2D eigenvalue weighted by Gasteiger charge is 2.17. The van der Waals surface area contributed by atoms with Crippen LogP contribution in [0.15, 0.2) is 60.8 Å². The maximum Gasteiger partial charge on any atom is 0.319 e. The lowest BCUT2D eigenvalue weighted by atomic mass is 10.1. The van der Waals surface area contributed by atoms with Gasteiger partial charge < -0.3 is 20.3 Å². The minimum absolute atomic E-state index is 0.217. The third-order valence-corrected chi connectivity index (χ3v) is 4.87. The molecule has 0 saturated carbocycles. The van der Waals surface area contributed by atoms with E-state index in [-0.39, 0.29) is 12.1 Å². The predicted octanol–water partition coefficient (Wildman–Crippen LogP) is 3.78. The van der Waals surface area contributed by atoms with Crippen molar-refractivity contribution in [1.29, 1.82) is 0 Å². The summed E-state index contributed by atoms with van der Waals surface area (Å²) in [6, 6.07) is 17.6. The molecule has 0 bridgehead atoms. The predicted molar refractivity (Wildman–Crippen MR) is 112 cm³/mol. The molecule has 2 heterocycles. The second-order valence-corrected chi connectivity index (χ2v) is 6.99. The molecule has 1 fully saturated rings. The maximum absolute atomic E-state index is 12.3. The van der Waals surface area contributed by atoms with Gasteiger partial charge in [0.25, 0.3) is 0 Å². The fourth-order valence-electron chi connectivity index (χ4n) is 3.42. The zero-order valence-electron chi connectivity index (χ0n) is 15.9. The van der Waals surface area contributed by atoms with Gasteiger partial charge in [-0.15, -0.1) is 0 Å². The van der Waals surface area contributed by atoms with Crippen LogP contribution in [0.4, 0.5) is 16.3 Å². The van der Waals surface area contributed by atoms with Gasteiger partial charge in [0.05, 0.1) is 18.4 Å². The highest BCUT2D eigenvalue weighted by Crippen LogP contribution is 2.22. The van der Waals surface area contributed by atoms with Crippen LogP contribution in [0.5, 0.6) is 0 Å². The van der Waals surface area contributed by atoms with E-state index in [0.29, 0.717) is 6.54 Å². The van der Waals surface area contributed by atoms with E-state index in [1.807, 2.05) is 60.8 Å². The molecule has 0 radical (unpaired) electrons. The Balaban J connectivity index is 1.34. The number of rotatable bonds is 4. The van der Waals surface area contributed by atoms with E-state index in [0.717, 1.165) is 47.5 Å². The number of hydrogen-bond donors (Lipinski definition) is 2. The normalized spacial score (nSPS) is 16.8. The number of ether oxygens (including phenoxy) is 1. The minimum atomic E-state index is -0.234. The molecule has 1 aliphatic rings. The van der Waals surface area contributed by atoms with Crippen molar-refractivity contribution in [3.63, 3.8) is 0 Å². The van der Waals surface area contributed by atoms with Crippen molar-refractivity contribution in [2.75, 3.05) is 29.9 Å². The second-order valence-electron chi connectivity index (χ2n) is 6.99. The average Bonchev–Trinajstić information content (AvgIpc) is 2.73. The lowest BCUT2D eigenvalue weighted by molar-refractivity contribution is 0.0529. The molecule has 1 atom stereocenters. The minimum Gasteiger partial charge on any atom is -0.375 e. The number of amides is 2. The van der Waals surface area contributed by atoms with Gasteiger partial charge in [-0.05, 0) is 30.0 Å². The van der Waals surface area contributed by atoms with Gasteiger partial charge in [-0.2, -0.15) is 0 Å². The lowest BCUT2D eigenvalue weighted by Gasteiger charge is -2.32. The van der Waals surface area contributed by atoms with Crippen molar-refractivity contribution in [2.24, 2.45) is 0 Å². The number of hydrogen-bond acceptors (Lipinski definition) is 4. The van der Waals surface area contributed by atoms with Crippen LogP contribution in [-0.2, 0) is 11.3 Å². The molecular weight excluding hydrogens is 352 g/mol. The van der Waals surface area contributed by atoms with Gasteiger partial charge in [-0.3, -0.25) is 0 Å². The van der Waals surface area contributed by atoms with E-state index in [1.54, 1.807) is 0 Å². The first-order chi connectivity index (χ1) is 13.7. The highest BCUT2D eigenvalue weighted by atomic mass is 16.5. The molecule has 0 aliphatic carbocycles. The Bertz CT molecular complexity index is 953. The van der Waals surface area contributed by atoms with Gasteiger partial charge in [0.2, 0.25) is 0 Å². The summed E-state index contributed by atoms with van der Waals surface area (Å²) in [5.74, 6) is 0.944. The van der Waals surface area contributed by atoms with E-state index in [2.05, 4.69) is 27.4 Å². The highest BCUT2D eigenvalue weighted by molar-refractivity contribution is 6.01. The molecule has 3 aromatic rings. The SMILES string of the molecule is CC1CN(c2ccc(CNC(=O)Nc3cccc4ccccc34)cn2)CCO1. The standard InChI is InChI=1S/C22H24N4O2/c1-16-15-26(11-12-28-16)21-10-9-17(13-23-21)14-24-22(27)25-20-8-4-6-18-5-2-3-7-19(18)20/h2-10,13,16H,11-12,14-15H2,1H3,(H2,24,25,27). The molecule has 1 saturated heterocycles. The van der Waals surface area contributed by atoms with Crippen molar-refractivity contribution >= 4 is 28.3 Å². The monoisotopic (exact) mass is 376 g/mol. The van der Waals surface area contributed by atoms with E-state index >= 15 is 0 Å². The number of carbonyl (C=O) groups is 1. The van der Waals surface area contributed by atoms with Crippen LogP contribution in [0.25, 0.3) is 10.8 Å². The average molecular weight is 376 g/mol. The number of morpholine rings is 1. The molecule has 1 unspecified atom stereocenters. The molecule has 1 aliphatic heterocycles. The first-order valence-electron chi connectivity index (χ1n) is 9.53. The molecular formula is C22H24N4O2. The smallest absolute Gasteiger partial charge is 0.319 e. The van der Waals surface area contributed by atoms with Crippen LogP contribution in [-0.4, -0.2) is 36.8 Å². The van der Waals surface area contributed by atoms with Crippen LogP contribution < -0.4 is 15.5 Å². The molecule has 2 aromatic carbocycles. The summed E-state index contributed by atoms with van der Waals surface area (Å²) in [5.41, 5.74) is 1.75. The summed E-state index contributed by atoms with van der Waals surface area (Å²) in [4.78, 5) is 19.1. The molecule has 1 aromatic heterocycles. The molecule has 4 rings (SSSR count). The van der Waals surface area contributed by atoms with Crippen molar-refractivity contribution in [1.82, 2.24) is 10.3 Å².